The SMILES string of the molecule is COc1cc(=O)n(-c2ccc(C)cc2)nc1C(=O)Nc1ccc(Oc2ccccc2)cc1. The van der Waals surface area contributed by atoms with Crippen LogP contribution >= 0.6 is 0 Å². The maximum atomic E-state index is 12.9. The molecule has 1 aromatic heterocycles. The minimum atomic E-state index is -0.501. The molecule has 0 atom stereocenters. The summed E-state index contributed by atoms with van der Waals surface area (Å²) < 4.78 is 12.2. The van der Waals surface area contributed by atoms with Gasteiger partial charge in [0.25, 0.3) is 11.5 Å². The quantitative estimate of drug-likeness (QED) is 0.487. The molecule has 0 unspecified atom stereocenters. The van der Waals surface area contributed by atoms with Gasteiger partial charge in [-0.1, -0.05) is 35.9 Å². The number of aryl methyl sites for hydroxylation is 1. The maximum absolute atomic E-state index is 12.9. The summed E-state index contributed by atoms with van der Waals surface area (Å²) in [7, 11) is 1.39. The normalized spacial score (nSPS) is 10.4. The van der Waals surface area contributed by atoms with E-state index in [9.17, 15) is 9.59 Å². The van der Waals surface area contributed by atoms with Crippen LogP contribution in [0.4, 0.5) is 5.69 Å². The standard InChI is InChI=1S/C25H21N3O4/c1-17-8-12-19(13-9-17)28-23(29)16-22(31-2)24(27-28)25(30)26-18-10-14-21(15-11-18)32-20-6-4-3-5-7-20/h3-16H,1-2H3,(H,26,30). The van der Waals surface area contributed by atoms with E-state index >= 15 is 0 Å². The first-order chi connectivity index (χ1) is 15.5. The number of amides is 1. The van der Waals surface area contributed by atoms with Crippen molar-refractivity contribution < 1.29 is 14.3 Å². The molecule has 1 heterocycles. The Labute approximate surface area is 184 Å². The number of benzene rings is 3. The van der Waals surface area contributed by atoms with Crippen molar-refractivity contribution in [2.24, 2.45) is 0 Å². The highest BCUT2D eigenvalue weighted by molar-refractivity contribution is 6.04. The molecule has 0 saturated carbocycles. The molecule has 0 spiro atoms. The van der Waals surface area contributed by atoms with Gasteiger partial charge in [0.05, 0.1) is 18.9 Å². The third kappa shape index (κ3) is 4.67. The Bertz CT molecular complexity index is 1280. The van der Waals surface area contributed by atoms with Crippen LogP contribution in [0, 0.1) is 6.92 Å². The molecule has 1 N–H and O–H groups in total. The molecule has 7 heteroatoms. The first-order valence-electron chi connectivity index (χ1n) is 9.93. The third-order valence-electron chi connectivity index (χ3n) is 4.70. The molecule has 1 amide bonds. The zero-order chi connectivity index (χ0) is 22.5. The van der Waals surface area contributed by atoms with Gasteiger partial charge in [0.2, 0.25) is 0 Å². The summed E-state index contributed by atoms with van der Waals surface area (Å²) in [5, 5.41) is 7.03. The van der Waals surface area contributed by atoms with Crippen LogP contribution < -0.4 is 20.3 Å². The van der Waals surface area contributed by atoms with E-state index < -0.39 is 11.5 Å². The van der Waals surface area contributed by atoms with E-state index in [1.165, 1.54) is 17.9 Å². The maximum Gasteiger partial charge on any atom is 0.280 e. The van der Waals surface area contributed by atoms with Crippen molar-refractivity contribution in [1.29, 1.82) is 0 Å². The molecule has 0 saturated heterocycles. The van der Waals surface area contributed by atoms with Crippen LogP contribution in [0.25, 0.3) is 5.69 Å². The van der Waals surface area contributed by atoms with E-state index in [1.54, 1.807) is 36.4 Å². The van der Waals surface area contributed by atoms with E-state index in [0.29, 0.717) is 17.1 Å². The first-order valence-corrected chi connectivity index (χ1v) is 9.93. The van der Waals surface area contributed by atoms with Gasteiger partial charge in [-0.05, 0) is 55.5 Å². The number of carbonyl (C=O) groups excluding carboxylic acids is 1. The number of nitrogens with one attached hydrogen (secondary N) is 1. The molecule has 7 nitrogen and oxygen atoms in total. The number of hydrogen-bond donors (Lipinski definition) is 1. The zero-order valence-electron chi connectivity index (χ0n) is 17.6. The van der Waals surface area contributed by atoms with Crippen LogP contribution in [0.1, 0.15) is 16.1 Å². The van der Waals surface area contributed by atoms with Gasteiger partial charge in [-0.2, -0.15) is 9.78 Å². The number of nitrogens with zero attached hydrogens (tertiary/aromatic N) is 2. The molecule has 3 aromatic carbocycles. The lowest BCUT2D eigenvalue weighted by Crippen LogP contribution is -2.26. The smallest absolute Gasteiger partial charge is 0.280 e. The summed E-state index contributed by atoms with van der Waals surface area (Å²) in [6.07, 6.45) is 0. The molecular formula is C25H21N3O4. The van der Waals surface area contributed by atoms with Crippen molar-refractivity contribution in [2.75, 3.05) is 12.4 Å². The Balaban J connectivity index is 1.56. The second kappa shape index (κ2) is 9.18. The predicted molar refractivity (Wildman–Crippen MR) is 122 cm³/mol. The molecule has 0 bridgehead atoms. The summed E-state index contributed by atoms with van der Waals surface area (Å²) in [5.41, 5.74) is 1.75. The number of anilines is 1. The molecular weight excluding hydrogens is 406 g/mol. The topological polar surface area (TPSA) is 82.5 Å². The molecule has 4 aromatic rings. The van der Waals surface area contributed by atoms with Crippen LogP contribution in [-0.4, -0.2) is 22.8 Å². The van der Waals surface area contributed by atoms with E-state index in [-0.39, 0.29) is 11.4 Å². The minimum Gasteiger partial charge on any atom is -0.494 e. The summed E-state index contributed by atoms with van der Waals surface area (Å²) >= 11 is 0. The van der Waals surface area contributed by atoms with E-state index in [0.717, 1.165) is 11.3 Å². The number of aromatic nitrogens is 2. The van der Waals surface area contributed by atoms with Crippen molar-refractivity contribution in [1.82, 2.24) is 9.78 Å². The summed E-state index contributed by atoms with van der Waals surface area (Å²) in [5.74, 6) is 0.953. The van der Waals surface area contributed by atoms with Crippen molar-refractivity contribution in [3.05, 3.63) is 107 Å². The highest BCUT2D eigenvalue weighted by Crippen LogP contribution is 2.23. The number of hydrogen-bond acceptors (Lipinski definition) is 5. The lowest BCUT2D eigenvalue weighted by molar-refractivity contribution is 0.101. The first kappa shape index (κ1) is 20.9. The average molecular weight is 427 g/mol. The van der Waals surface area contributed by atoms with Gasteiger partial charge in [-0.3, -0.25) is 9.59 Å². The Morgan fingerprint density at radius 3 is 2.22 bits per heavy atom. The van der Waals surface area contributed by atoms with Gasteiger partial charge in [0, 0.05) is 5.69 Å². The van der Waals surface area contributed by atoms with Gasteiger partial charge in [0.1, 0.15) is 11.5 Å². The summed E-state index contributed by atoms with van der Waals surface area (Å²) in [6.45, 7) is 1.95. The molecule has 0 aliphatic heterocycles. The van der Waals surface area contributed by atoms with Crippen LogP contribution in [0.2, 0.25) is 0 Å². The van der Waals surface area contributed by atoms with Crippen LogP contribution in [0.15, 0.2) is 89.7 Å². The molecule has 4 rings (SSSR count). The monoisotopic (exact) mass is 427 g/mol. The molecule has 0 fully saturated rings. The molecule has 0 radical (unpaired) electrons. The highest BCUT2D eigenvalue weighted by Gasteiger charge is 2.18. The highest BCUT2D eigenvalue weighted by atomic mass is 16.5. The molecule has 32 heavy (non-hydrogen) atoms. The minimum absolute atomic E-state index is 0.00251. The average Bonchev–Trinajstić information content (AvgIpc) is 2.81. The van der Waals surface area contributed by atoms with Gasteiger partial charge in [-0.25, -0.2) is 0 Å². The Hall–Kier alpha value is -4.39. The van der Waals surface area contributed by atoms with Crippen LogP contribution in [-0.2, 0) is 0 Å². The fraction of sp³-hybridized carbons (Fsp3) is 0.0800. The largest absolute Gasteiger partial charge is 0.494 e. The Morgan fingerprint density at radius 1 is 0.906 bits per heavy atom. The van der Waals surface area contributed by atoms with Gasteiger partial charge in [-0.15, -0.1) is 0 Å². The second-order valence-corrected chi connectivity index (χ2v) is 7.04. The van der Waals surface area contributed by atoms with Gasteiger partial charge >= 0.3 is 0 Å². The van der Waals surface area contributed by atoms with E-state index in [4.69, 9.17) is 9.47 Å². The molecule has 0 aliphatic carbocycles. The number of carbonyl (C=O) groups is 1. The number of ether oxygens (including phenoxy) is 2. The van der Waals surface area contributed by atoms with E-state index in [1.807, 2.05) is 49.4 Å². The Morgan fingerprint density at radius 2 is 1.56 bits per heavy atom. The third-order valence-corrected chi connectivity index (χ3v) is 4.70. The summed E-state index contributed by atoms with van der Waals surface area (Å²) in [6, 6.07) is 24.9. The zero-order valence-corrected chi connectivity index (χ0v) is 17.6. The van der Waals surface area contributed by atoms with E-state index in [2.05, 4.69) is 10.4 Å². The lowest BCUT2D eigenvalue weighted by Gasteiger charge is -2.12. The van der Waals surface area contributed by atoms with Crippen molar-refractivity contribution >= 4 is 11.6 Å². The number of methoxy groups -OCH3 is 1. The van der Waals surface area contributed by atoms with Crippen molar-refractivity contribution in [3.8, 4) is 22.9 Å². The fourth-order valence-corrected chi connectivity index (χ4v) is 3.05. The predicted octanol–water partition coefficient (Wildman–Crippen LogP) is 4.59. The Kier molecular flexibility index (Phi) is 5.98. The van der Waals surface area contributed by atoms with Crippen molar-refractivity contribution in [3.63, 3.8) is 0 Å². The lowest BCUT2D eigenvalue weighted by atomic mass is 10.2. The number of para-hydroxylation sites is 1. The summed E-state index contributed by atoms with van der Waals surface area (Å²) in [4.78, 5) is 25.4. The van der Waals surface area contributed by atoms with Crippen molar-refractivity contribution in [2.45, 2.75) is 6.92 Å². The molecule has 0 aliphatic rings. The molecule has 160 valence electrons. The fourth-order valence-electron chi connectivity index (χ4n) is 3.05. The second-order valence-electron chi connectivity index (χ2n) is 7.04. The van der Waals surface area contributed by atoms with Gasteiger partial charge in [0.15, 0.2) is 11.4 Å². The van der Waals surface area contributed by atoms with Crippen LogP contribution in [0.5, 0.6) is 17.2 Å². The number of rotatable bonds is 6. The van der Waals surface area contributed by atoms with Gasteiger partial charge < -0.3 is 14.8 Å². The van der Waals surface area contributed by atoms with Crippen LogP contribution in [0.3, 0.4) is 0 Å².